The molecule has 2 atom stereocenters. The molecule has 1 aliphatic heterocycles. The van der Waals surface area contributed by atoms with Gasteiger partial charge in [0.2, 0.25) is 5.91 Å². The van der Waals surface area contributed by atoms with Gasteiger partial charge in [0.05, 0.1) is 56.0 Å². The molecular formula is C33H40FN7O5. The fourth-order valence-electron chi connectivity index (χ4n) is 5.52. The monoisotopic (exact) mass is 633 g/mol. The summed E-state index contributed by atoms with van der Waals surface area (Å²) in [5.74, 6) is 0.580. The molecule has 12 nitrogen and oxygen atoms in total. The lowest BCUT2D eigenvalue weighted by Gasteiger charge is -2.39. The number of fused-ring (bicyclic) bond motifs is 1. The van der Waals surface area contributed by atoms with E-state index in [2.05, 4.69) is 5.32 Å². The van der Waals surface area contributed by atoms with Crippen LogP contribution in [0.4, 0.5) is 20.6 Å². The van der Waals surface area contributed by atoms with Gasteiger partial charge in [-0.05, 0) is 61.9 Å². The zero-order chi connectivity index (χ0) is 33.0. The fraction of sp³-hybridized carbons (Fsp3) is 0.333. The Morgan fingerprint density at radius 2 is 1.74 bits per heavy atom. The van der Waals surface area contributed by atoms with E-state index in [0.29, 0.717) is 72.2 Å². The number of para-hydroxylation sites is 1. The number of ether oxygens (including phenoxy) is 2. The Kier molecular flexibility index (Phi) is 9.71. The van der Waals surface area contributed by atoms with Gasteiger partial charge in [-0.15, -0.1) is 0 Å². The van der Waals surface area contributed by atoms with Gasteiger partial charge in [-0.2, -0.15) is 0 Å². The van der Waals surface area contributed by atoms with Gasteiger partial charge in [0.15, 0.2) is 5.82 Å². The lowest BCUT2D eigenvalue weighted by molar-refractivity contribution is -0.133. The smallest absolute Gasteiger partial charge is 0.327 e. The number of carbonyl (C=O) groups excluding carboxylic acids is 2. The molecule has 46 heavy (non-hydrogen) atoms. The van der Waals surface area contributed by atoms with Crippen LogP contribution in [0.1, 0.15) is 33.6 Å². The average molecular weight is 634 g/mol. The number of rotatable bonds is 9. The molecule has 244 valence electrons. The molecule has 2 heterocycles. The van der Waals surface area contributed by atoms with E-state index in [0.717, 1.165) is 0 Å². The number of anilines is 2. The third-order valence-electron chi connectivity index (χ3n) is 8.11. The van der Waals surface area contributed by atoms with E-state index < -0.39 is 23.9 Å². The fourth-order valence-corrected chi connectivity index (χ4v) is 5.52. The topological polar surface area (TPSA) is 135 Å². The first-order valence-corrected chi connectivity index (χ1v) is 15.1. The molecule has 0 spiro atoms. The van der Waals surface area contributed by atoms with Crippen LogP contribution in [0.15, 0.2) is 71.5 Å². The number of nitrogens with one attached hydrogen (secondary N) is 1. The molecule has 1 saturated heterocycles. The van der Waals surface area contributed by atoms with Crippen LogP contribution in [0.2, 0.25) is 0 Å². The van der Waals surface area contributed by atoms with Gasteiger partial charge in [-0.3, -0.25) is 14.5 Å². The molecule has 4 aromatic rings. The number of amides is 3. The highest BCUT2D eigenvalue weighted by Gasteiger charge is 2.33. The van der Waals surface area contributed by atoms with Crippen molar-refractivity contribution in [2.24, 2.45) is 5.73 Å². The number of carbonyl (C=O) groups is 2. The third-order valence-corrected chi connectivity index (χ3v) is 8.11. The van der Waals surface area contributed by atoms with E-state index in [1.54, 1.807) is 54.3 Å². The number of piperazine rings is 1. The second-order valence-corrected chi connectivity index (χ2v) is 10.9. The Balaban J connectivity index is 0.00000500. The molecule has 3 amide bonds. The van der Waals surface area contributed by atoms with Crippen LogP contribution in [0.25, 0.3) is 10.9 Å². The molecule has 0 saturated carbocycles. The van der Waals surface area contributed by atoms with E-state index >= 15 is 0 Å². The van der Waals surface area contributed by atoms with Crippen molar-refractivity contribution in [2.75, 3.05) is 55.6 Å². The van der Waals surface area contributed by atoms with Crippen LogP contribution in [-0.4, -0.2) is 72.9 Å². The molecule has 13 heteroatoms. The molecule has 3 aromatic carbocycles. The summed E-state index contributed by atoms with van der Waals surface area (Å²) in [7, 11) is 3.01. The van der Waals surface area contributed by atoms with Gasteiger partial charge in [0.25, 0.3) is 5.56 Å². The molecule has 0 bridgehead atoms. The van der Waals surface area contributed by atoms with Crippen LogP contribution in [0.5, 0.6) is 11.5 Å². The lowest BCUT2D eigenvalue weighted by Crippen LogP contribution is -2.58. The molecule has 5 rings (SSSR count). The highest BCUT2D eigenvalue weighted by molar-refractivity contribution is 6.03. The predicted molar refractivity (Wildman–Crippen MR) is 177 cm³/mol. The molecule has 0 radical (unpaired) electrons. The summed E-state index contributed by atoms with van der Waals surface area (Å²) in [4.78, 5) is 49.2. The Morgan fingerprint density at radius 3 is 2.39 bits per heavy atom. The normalized spacial score (nSPS) is 14.5. The molecule has 1 fully saturated rings. The summed E-state index contributed by atoms with van der Waals surface area (Å²) in [6.07, 6.45) is 0.527. The maximum absolute atomic E-state index is 14.2. The number of nitrogens with two attached hydrogens (primary N) is 1. The molecule has 1 aromatic heterocycles. The Hall–Kier alpha value is -5.17. The largest absolute Gasteiger partial charge is 0.497 e. The summed E-state index contributed by atoms with van der Waals surface area (Å²) < 4.78 is 26.2. The van der Waals surface area contributed by atoms with E-state index in [9.17, 15) is 18.8 Å². The summed E-state index contributed by atoms with van der Waals surface area (Å²) in [5.41, 5.74) is 6.92. The maximum Gasteiger partial charge on any atom is 0.327 e. The van der Waals surface area contributed by atoms with Crippen molar-refractivity contribution in [1.82, 2.24) is 14.6 Å². The minimum Gasteiger partial charge on any atom is -0.497 e. The van der Waals surface area contributed by atoms with Crippen molar-refractivity contribution in [2.45, 2.75) is 32.4 Å². The highest BCUT2D eigenvalue weighted by Crippen LogP contribution is 2.37. The van der Waals surface area contributed by atoms with Crippen molar-refractivity contribution < 1.29 is 24.9 Å². The van der Waals surface area contributed by atoms with Gasteiger partial charge in [0, 0.05) is 26.3 Å². The van der Waals surface area contributed by atoms with Crippen molar-refractivity contribution in [3.8, 4) is 11.5 Å². The number of hydrogen-bond donors (Lipinski definition) is 2. The summed E-state index contributed by atoms with van der Waals surface area (Å²) in [6, 6.07) is 15.5. The summed E-state index contributed by atoms with van der Waals surface area (Å²) >= 11 is 0. The maximum atomic E-state index is 14.2. The van der Waals surface area contributed by atoms with E-state index in [4.69, 9.17) is 20.2 Å². The number of hydrogen-bond acceptors (Lipinski definition) is 8. The van der Waals surface area contributed by atoms with E-state index in [1.807, 2.05) is 11.9 Å². The van der Waals surface area contributed by atoms with Crippen LogP contribution < -0.4 is 36.0 Å². The number of urea groups is 1. The van der Waals surface area contributed by atoms with Crippen molar-refractivity contribution in [3.05, 3.63) is 88.7 Å². The van der Waals surface area contributed by atoms with Gasteiger partial charge >= 0.3 is 6.03 Å². The quantitative estimate of drug-likeness (QED) is 0.281. The SMILES string of the molecule is CC[C@H](N)C(=O)N1CCN(n2c(C(C)N(C(=O)Nc3ccc(F)cc3)c3ccc(OC)cc3OC)nc3ccccc3c2=O)CC1.[HH]. The van der Waals surface area contributed by atoms with Crippen molar-refractivity contribution in [1.29, 1.82) is 0 Å². The molecule has 3 N–H and O–H groups in total. The first-order chi connectivity index (χ1) is 22.2. The average Bonchev–Trinajstić information content (AvgIpc) is 3.08. The molecular weight excluding hydrogens is 593 g/mol. The van der Waals surface area contributed by atoms with Crippen molar-refractivity contribution in [3.63, 3.8) is 0 Å². The van der Waals surface area contributed by atoms with E-state index in [-0.39, 0.29) is 12.9 Å². The number of methoxy groups -OCH3 is 2. The van der Waals surface area contributed by atoms with Gasteiger partial charge in [0.1, 0.15) is 17.3 Å². The number of nitrogens with zero attached hydrogens (tertiary/aromatic N) is 5. The number of benzene rings is 3. The zero-order valence-electron chi connectivity index (χ0n) is 26.3. The minimum atomic E-state index is -0.840. The zero-order valence-corrected chi connectivity index (χ0v) is 26.3. The second kappa shape index (κ2) is 13.9. The highest BCUT2D eigenvalue weighted by atomic mass is 19.1. The second-order valence-electron chi connectivity index (χ2n) is 10.9. The molecule has 1 aliphatic rings. The third kappa shape index (κ3) is 6.45. The molecule has 1 unspecified atom stereocenters. The van der Waals surface area contributed by atoms with E-state index in [1.165, 1.54) is 48.1 Å². The summed E-state index contributed by atoms with van der Waals surface area (Å²) in [5, 5.41) is 5.09. The van der Waals surface area contributed by atoms with Crippen LogP contribution in [0, 0.1) is 5.82 Å². The van der Waals surface area contributed by atoms with Gasteiger partial charge in [-0.25, -0.2) is 18.8 Å². The van der Waals surface area contributed by atoms with Crippen LogP contribution >= 0.6 is 0 Å². The van der Waals surface area contributed by atoms with Crippen LogP contribution in [-0.2, 0) is 4.79 Å². The first-order valence-electron chi connectivity index (χ1n) is 15.1. The standard InChI is InChI=1S/C33H38FN7O5.H2/c1-5-26(35)32(43)38-16-18-39(19-17-38)41-30(37-27-9-7-6-8-25(27)31(41)42)21(2)40(28-15-14-24(45-3)20-29(28)46-4)33(44)36-23-12-10-22(34)11-13-23;/h6-15,20-21,26H,5,16-19,35H2,1-4H3,(H,36,44);1H/t21?,26-;/m0./s1. The molecule has 0 aliphatic carbocycles. The minimum absolute atomic E-state index is 0. The first kappa shape index (κ1) is 32.2. The Bertz CT molecular complexity index is 1780. The predicted octanol–water partition coefficient (Wildman–Crippen LogP) is 4.12. The van der Waals surface area contributed by atoms with Gasteiger partial charge < -0.3 is 30.4 Å². The number of aromatic nitrogens is 2. The Morgan fingerprint density at radius 1 is 1.04 bits per heavy atom. The number of halogens is 1. The Labute approximate surface area is 267 Å². The van der Waals surface area contributed by atoms with Crippen molar-refractivity contribution >= 4 is 34.2 Å². The summed E-state index contributed by atoms with van der Waals surface area (Å²) in [6.45, 7) is 5.04. The van der Waals surface area contributed by atoms with Gasteiger partial charge in [-0.1, -0.05) is 19.1 Å². The van der Waals surface area contributed by atoms with Crippen LogP contribution in [0.3, 0.4) is 0 Å². The lowest BCUT2D eigenvalue weighted by atomic mass is 10.1.